The van der Waals surface area contributed by atoms with Gasteiger partial charge in [0.2, 0.25) is 0 Å². The molecule has 0 aliphatic carbocycles. The standard InChI is InChI=1S/C28H33NOS/c29-28(31)27-16-10-9-15-26(27)25-19-17-23(18-20-25)12-6-3-1-2-4-11-21-30-22-24-13-7-5-8-14-24/h5,7-10,13-20H,1-4,6,11-12,21-22H2,(H2,29,31). The van der Waals surface area contributed by atoms with E-state index in [1.54, 1.807) is 0 Å². The molecule has 3 heteroatoms. The van der Waals surface area contributed by atoms with Crippen LogP contribution in [0.15, 0.2) is 78.9 Å². The summed E-state index contributed by atoms with van der Waals surface area (Å²) in [5.74, 6) is 0. The highest BCUT2D eigenvalue weighted by Gasteiger charge is 2.06. The molecule has 2 nitrogen and oxygen atoms in total. The van der Waals surface area contributed by atoms with Crippen molar-refractivity contribution in [2.75, 3.05) is 6.61 Å². The maximum atomic E-state index is 5.87. The molecule has 0 bridgehead atoms. The number of ether oxygens (including phenoxy) is 1. The van der Waals surface area contributed by atoms with E-state index >= 15 is 0 Å². The molecule has 3 rings (SSSR count). The molecule has 3 aromatic carbocycles. The number of hydrogen-bond acceptors (Lipinski definition) is 2. The van der Waals surface area contributed by atoms with Crippen LogP contribution >= 0.6 is 12.2 Å². The third-order valence-corrected chi connectivity index (χ3v) is 5.79. The first-order valence-electron chi connectivity index (χ1n) is 11.3. The predicted octanol–water partition coefficient (Wildman–Crippen LogP) is 7.09. The van der Waals surface area contributed by atoms with Gasteiger partial charge < -0.3 is 10.5 Å². The lowest BCUT2D eigenvalue weighted by Crippen LogP contribution is -2.10. The summed E-state index contributed by atoms with van der Waals surface area (Å²) < 4.78 is 5.75. The van der Waals surface area contributed by atoms with Crippen LogP contribution in [-0.4, -0.2) is 11.6 Å². The van der Waals surface area contributed by atoms with Crippen molar-refractivity contribution in [1.82, 2.24) is 0 Å². The van der Waals surface area contributed by atoms with E-state index in [0.717, 1.165) is 37.2 Å². The van der Waals surface area contributed by atoms with E-state index in [1.165, 1.54) is 48.8 Å². The summed E-state index contributed by atoms with van der Waals surface area (Å²) in [6.07, 6.45) is 8.68. The summed E-state index contributed by atoms with van der Waals surface area (Å²) in [6.45, 7) is 1.59. The van der Waals surface area contributed by atoms with E-state index in [9.17, 15) is 0 Å². The largest absolute Gasteiger partial charge is 0.389 e. The average molecular weight is 432 g/mol. The Bertz CT molecular complexity index is 921. The van der Waals surface area contributed by atoms with Crippen LogP contribution in [-0.2, 0) is 17.8 Å². The lowest BCUT2D eigenvalue weighted by atomic mass is 9.97. The van der Waals surface area contributed by atoms with Gasteiger partial charge in [0.05, 0.1) is 6.61 Å². The lowest BCUT2D eigenvalue weighted by Gasteiger charge is -2.09. The fourth-order valence-electron chi connectivity index (χ4n) is 3.81. The molecule has 0 aliphatic heterocycles. The van der Waals surface area contributed by atoms with Crippen molar-refractivity contribution in [1.29, 1.82) is 0 Å². The van der Waals surface area contributed by atoms with Crippen molar-refractivity contribution in [3.05, 3.63) is 95.6 Å². The van der Waals surface area contributed by atoms with Crippen molar-refractivity contribution in [2.24, 2.45) is 5.73 Å². The minimum Gasteiger partial charge on any atom is -0.389 e. The van der Waals surface area contributed by atoms with Crippen molar-refractivity contribution in [3.8, 4) is 11.1 Å². The van der Waals surface area contributed by atoms with Gasteiger partial charge in [-0.2, -0.15) is 0 Å². The van der Waals surface area contributed by atoms with E-state index in [1.807, 2.05) is 24.3 Å². The van der Waals surface area contributed by atoms with Crippen LogP contribution < -0.4 is 5.73 Å². The third kappa shape index (κ3) is 7.93. The second-order valence-corrected chi connectivity index (χ2v) is 8.46. The van der Waals surface area contributed by atoms with Gasteiger partial charge in [-0.05, 0) is 41.5 Å². The second-order valence-electron chi connectivity index (χ2n) is 8.02. The summed E-state index contributed by atoms with van der Waals surface area (Å²) in [5, 5.41) is 0. The Hall–Kier alpha value is -2.49. The fourth-order valence-corrected chi connectivity index (χ4v) is 3.98. The van der Waals surface area contributed by atoms with Crippen molar-refractivity contribution in [3.63, 3.8) is 0 Å². The van der Waals surface area contributed by atoms with E-state index in [4.69, 9.17) is 22.7 Å². The van der Waals surface area contributed by atoms with Gasteiger partial charge in [-0.1, -0.05) is 117 Å². The Morgan fingerprint density at radius 2 is 1.32 bits per heavy atom. The molecular formula is C28H33NOS. The number of hydrogen-bond donors (Lipinski definition) is 1. The highest BCUT2D eigenvalue weighted by molar-refractivity contribution is 7.80. The molecule has 0 saturated heterocycles. The van der Waals surface area contributed by atoms with Crippen LogP contribution in [0.1, 0.15) is 55.2 Å². The monoisotopic (exact) mass is 431 g/mol. The molecule has 0 amide bonds. The molecule has 0 radical (unpaired) electrons. The molecule has 0 unspecified atom stereocenters. The smallest absolute Gasteiger partial charge is 0.104 e. The maximum Gasteiger partial charge on any atom is 0.104 e. The number of thiocarbonyl (C=S) groups is 1. The zero-order valence-corrected chi connectivity index (χ0v) is 19.1. The molecule has 0 fully saturated rings. The molecular weight excluding hydrogens is 398 g/mol. The van der Waals surface area contributed by atoms with Gasteiger partial charge in [-0.15, -0.1) is 0 Å². The van der Waals surface area contributed by atoms with Crippen molar-refractivity contribution in [2.45, 2.75) is 51.6 Å². The van der Waals surface area contributed by atoms with Crippen LogP contribution in [0.3, 0.4) is 0 Å². The molecule has 0 heterocycles. The number of unbranched alkanes of at least 4 members (excludes halogenated alkanes) is 5. The molecule has 2 N–H and O–H groups in total. The minimum atomic E-state index is 0.447. The van der Waals surface area contributed by atoms with E-state index in [2.05, 4.69) is 54.6 Å². The van der Waals surface area contributed by atoms with Gasteiger partial charge in [-0.25, -0.2) is 0 Å². The zero-order chi connectivity index (χ0) is 21.7. The van der Waals surface area contributed by atoms with Crippen LogP contribution in [0, 0.1) is 0 Å². The van der Waals surface area contributed by atoms with Crippen LogP contribution in [0.2, 0.25) is 0 Å². The van der Waals surface area contributed by atoms with Gasteiger partial charge >= 0.3 is 0 Å². The molecule has 0 aliphatic rings. The Labute approximate surface area is 192 Å². The highest BCUT2D eigenvalue weighted by atomic mass is 32.1. The average Bonchev–Trinajstić information content (AvgIpc) is 2.81. The molecule has 3 aromatic rings. The summed E-state index contributed by atoms with van der Waals surface area (Å²) in [7, 11) is 0. The number of rotatable bonds is 13. The fraction of sp³-hybridized carbons (Fsp3) is 0.321. The van der Waals surface area contributed by atoms with Gasteiger partial charge in [0.15, 0.2) is 0 Å². The van der Waals surface area contributed by atoms with E-state index in [0.29, 0.717) is 4.99 Å². The minimum absolute atomic E-state index is 0.447. The SMILES string of the molecule is NC(=S)c1ccccc1-c1ccc(CCCCCCCCOCc2ccccc2)cc1. The van der Waals surface area contributed by atoms with Gasteiger partial charge in [-0.3, -0.25) is 0 Å². The molecule has 162 valence electrons. The van der Waals surface area contributed by atoms with Crippen LogP contribution in [0.25, 0.3) is 11.1 Å². The van der Waals surface area contributed by atoms with Gasteiger partial charge in [0, 0.05) is 12.2 Å². The van der Waals surface area contributed by atoms with Crippen LogP contribution in [0.4, 0.5) is 0 Å². The first-order valence-corrected chi connectivity index (χ1v) is 11.7. The predicted molar refractivity (Wildman–Crippen MR) is 135 cm³/mol. The quantitative estimate of drug-likeness (QED) is 0.232. The maximum absolute atomic E-state index is 5.87. The van der Waals surface area contributed by atoms with Gasteiger partial charge in [0.1, 0.15) is 4.99 Å². The normalized spacial score (nSPS) is 10.8. The van der Waals surface area contributed by atoms with Crippen molar-refractivity contribution < 1.29 is 4.74 Å². The first-order chi connectivity index (χ1) is 15.2. The molecule has 0 aromatic heterocycles. The van der Waals surface area contributed by atoms with E-state index in [-0.39, 0.29) is 0 Å². The summed E-state index contributed by atoms with van der Waals surface area (Å²) in [5.41, 5.74) is 11.7. The molecule has 0 spiro atoms. The summed E-state index contributed by atoms with van der Waals surface area (Å²) in [6, 6.07) is 27.3. The topological polar surface area (TPSA) is 35.2 Å². The zero-order valence-electron chi connectivity index (χ0n) is 18.3. The summed E-state index contributed by atoms with van der Waals surface area (Å²) >= 11 is 5.19. The summed E-state index contributed by atoms with van der Waals surface area (Å²) in [4.78, 5) is 0.447. The Kier molecular flexibility index (Phi) is 9.75. The molecule has 0 saturated carbocycles. The lowest BCUT2D eigenvalue weighted by molar-refractivity contribution is 0.116. The van der Waals surface area contributed by atoms with E-state index < -0.39 is 0 Å². The second kappa shape index (κ2) is 13.0. The van der Waals surface area contributed by atoms with Gasteiger partial charge in [0.25, 0.3) is 0 Å². The number of aryl methyl sites for hydroxylation is 1. The number of benzene rings is 3. The Balaban J connectivity index is 1.27. The highest BCUT2D eigenvalue weighted by Crippen LogP contribution is 2.24. The third-order valence-electron chi connectivity index (χ3n) is 5.57. The molecule has 31 heavy (non-hydrogen) atoms. The van der Waals surface area contributed by atoms with Crippen molar-refractivity contribution >= 4 is 17.2 Å². The Morgan fingerprint density at radius 1 is 0.677 bits per heavy atom. The molecule has 0 atom stereocenters. The first kappa shape index (κ1) is 23.2. The van der Waals surface area contributed by atoms with Crippen LogP contribution in [0.5, 0.6) is 0 Å². The Morgan fingerprint density at radius 3 is 2.06 bits per heavy atom. The number of nitrogens with two attached hydrogens (primary N) is 1.